The highest BCUT2D eigenvalue weighted by Gasteiger charge is 2.19. The Labute approximate surface area is 175 Å². The zero-order chi connectivity index (χ0) is 20.2. The quantitative estimate of drug-likeness (QED) is 0.306. The van der Waals surface area contributed by atoms with Gasteiger partial charge in [-0.1, -0.05) is 43.3 Å². The minimum atomic E-state index is 0.0295. The Hall–Kier alpha value is -2.85. The third-order valence-corrected chi connectivity index (χ3v) is 6.11. The van der Waals surface area contributed by atoms with Gasteiger partial charge in [0.05, 0.1) is 5.75 Å². The fourth-order valence-electron chi connectivity index (χ4n) is 3.64. The Morgan fingerprint density at radius 2 is 1.69 bits per heavy atom. The summed E-state index contributed by atoms with van der Waals surface area (Å²) in [5, 5.41) is 2.88. The highest BCUT2D eigenvalue weighted by Crippen LogP contribution is 2.37. The third kappa shape index (κ3) is 4.43. The first-order valence-electron chi connectivity index (χ1n) is 9.91. The highest BCUT2D eigenvalue weighted by atomic mass is 32.2. The molecule has 0 spiro atoms. The minimum absolute atomic E-state index is 0.0295. The molecule has 0 bridgehead atoms. The van der Waals surface area contributed by atoms with Crippen molar-refractivity contribution in [3.8, 4) is 11.1 Å². The van der Waals surface area contributed by atoms with Gasteiger partial charge in [0, 0.05) is 22.6 Å². The van der Waals surface area contributed by atoms with Crippen molar-refractivity contribution in [1.29, 1.82) is 0 Å². The van der Waals surface area contributed by atoms with Crippen LogP contribution in [0.2, 0.25) is 0 Å². The highest BCUT2D eigenvalue weighted by molar-refractivity contribution is 8.00. The summed E-state index contributed by atoms with van der Waals surface area (Å²) >= 11 is 1.52. The summed E-state index contributed by atoms with van der Waals surface area (Å²) < 4.78 is 0. The summed E-state index contributed by atoms with van der Waals surface area (Å²) in [5.41, 5.74) is 6.64. The zero-order valence-corrected chi connectivity index (χ0v) is 17.2. The van der Waals surface area contributed by atoms with Gasteiger partial charge in [-0.2, -0.15) is 0 Å². The van der Waals surface area contributed by atoms with Crippen molar-refractivity contribution >= 4 is 29.1 Å². The molecule has 1 amide bonds. The fourth-order valence-corrected chi connectivity index (χ4v) is 4.43. The molecule has 29 heavy (non-hydrogen) atoms. The summed E-state index contributed by atoms with van der Waals surface area (Å²) in [4.78, 5) is 25.4. The van der Waals surface area contributed by atoms with Gasteiger partial charge in [0.1, 0.15) is 0 Å². The molecular formula is C25H23NO2S. The lowest BCUT2D eigenvalue weighted by Crippen LogP contribution is -2.10. The van der Waals surface area contributed by atoms with Gasteiger partial charge in [-0.3, -0.25) is 9.59 Å². The van der Waals surface area contributed by atoms with E-state index in [-0.39, 0.29) is 11.7 Å². The summed E-state index contributed by atoms with van der Waals surface area (Å²) in [7, 11) is 0. The number of carbonyl (C=O) groups is 2. The van der Waals surface area contributed by atoms with Crippen molar-refractivity contribution < 1.29 is 9.59 Å². The predicted molar refractivity (Wildman–Crippen MR) is 120 cm³/mol. The van der Waals surface area contributed by atoms with Crippen molar-refractivity contribution in [3.05, 3.63) is 83.4 Å². The normalized spacial score (nSPS) is 11.6. The number of nitrogens with one attached hydrogen (secondary N) is 1. The van der Waals surface area contributed by atoms with Crippen molar-refractivity contribution in [2.75, 3.05) is 11.1 Å². The van der Waals surface area contributed by atoms with Gasteiger partial charge in [-0.15, -0.1) is 11.8 Å². The summed E-state index contributed by atoms with van der Waals surface area (Å²) in [6.07, 6.45) is 2.25. The average molecular weight is 402 g/mol. The van der Waals surface area contributed by atoms with E-state index in [1.165, 1.54) is 34.0 Å². The second-order valence-corrected chi connectivity index (χ2v) is 8.29. The van der Waals surface area contributed by atoms with Crippen molar-refractivity contribution in [3.63, 3.8) is 0 Å². The molecular weight excluding hydrogens is 378 g/mol. The van der Waals surface area contributed by atoms with Crippen LogP contribution in [0.5, 0.6) is 0 Å². The standard InChI is InChI=1S/C25H23NO2S/c1-2-5-25(28)26-20-9-11-21(12-10-20)29-16-24(27)18-8-13-23-19(15-18)14-17-6-3-4-7-22(17)23/h3-4,6-13,15H,2,5,14,16H2,1H3,(H,26,28). The number of fused-ring (bicyclic) bond motifs is 3. The Morgan fingerprint density at radius 3 is 2.48 bits per heavy atom. The molecule has 0 heterocycles. The molecule has 0 unspecified atom stereocenters. The van der Waals surface area contributed by atoms with Crippen molar-refractivity contribution in [1.82, 2.24) is 0 Å². The number of anilines is 1. The van der Waals surface area contributed by atoms with E-state index in [0.29, 0.717) is 12.2 Å². The molecule has 0 fully saturated rings. The Bertz CT molecular complexity index is 1060. The van der Waals surface area contributed by atoms with Crippen LogP contribution in [-0.2, 0) is 11.2 Å². The van der Waals surface area contributed by atoms with E-state index in [9.17, 15) is 9.59 Å². The van der Waals surface area contributed by atoms with Gasteiger partial charge in [-0.25, -0.2) is 0 Å². The molecule has 0 radical (unpaired) electrons. The third-order valence-electron chi connectivity index (χ3n) is 5.10. The van der Waals surface area contributed by atoms with E-state index in [2.05, 4.69) is 35.6 Å². The number of Topliss-reactive ketones (excluding diaryl/α,β-unsaturated/α-hetero) is 1. The number of rotatable bonds is 7. The smallest absolute Gasteiger partial charge is 0.224 e. The van der Waals surface area contributed by atoms with Crippen LogP contribution in [0.4, 0.5) is 5.69 Å². The molecule has 1 N–H and O–H groups in total. The first-order valence-corrected chi connectivity index (χ1v) is 10.9. The number of thioether (sulfide) groups is 1. The van der Waals surface area contributed by atoms with Crippen LogP contribution in [0.25, 0.3) is 11.1 Å². The maximum atomic E-state index is 12.7. The molecule has 0 saturated carbocycles. The Morgan fingerprint density at radius 1 is 0.931 bits per heavy atom. The molecule has 3 aromatic carbocycles. The van der Waals surface area contributed by atoms with E-state index in [1.54, 1.807) is 0 Å². The number of hydrogen-bond acceptors (Lipinski definition) is 3. The Balaban J connectivity index is 1.37. The first-order chi connectivity index (χ1) is 14.1. The van der Waals surface area contributed by atoms with Crippen LogP contribution < -0.4 is 5.32 Å². The van der Waals surface area contributed by atoms with E-state index in [0.717, 1.165) is 29.0 Å². The molecule has 1 aliphatic rings. The van der Waals surface area contributed by atoms with Crippen molar-refractivity contribution in [2.45, 2.75) is 31.1 Å². The topological polar surface area (TPSA) is 46.2 Å². The molecule has 4 rings (SSSR count). The van der Waals surface area contributed by atoms with Gasteiger partial charge in [0.2, 0.25) is 5.91 Å². The number of hydrogen-bond donors (Lipinski definition) is 1. The summed E-state index contributed by atoms with van der Waals surface area (Å²) in [5.74, 6) is 0.559. The molecule has 0 atom stereocenters. The number of amides is 1. The zero-order valence-electron chi connectivity index (χ0n) is 16.4. The largest absolute Gasteiger partial charge is 0.326 e. The lowest BCUT2D eigenvalue weighted by atomic mass is 10.0. The lowest BCUT2D eigenvalue weighted by Gasteiger charge is -2.07. The first kappa shape index (κ1) is 19.5. The predicted octanol–water partition coefficient (Wildman–Crippen LogP) is 5.97. The Kier molecular flexibility index (Phi) is 5.81. The van der Waals surface area contributed by atoms with E-state index < -0.39 is 0 Å². The molecule has 3 aromatic rings. The molecule has 0 aliphatic heterocycles. The van der Waals surface area contributed by atoms with Crippen LogP contribution in [0.15, 0.2) is 71.6 Å². The SMILES string of the molecule is CCCC(=O)Nc1ccc(SCC(=O)c2ccc3c(c2)Cc2ccccc2-3)cc1. The monoisotopic (exact) mass is 401 g/mol. The van der Waals surface area contributed by atoms with E-state index in [1.807, 2.05) is 43.3 Å². The van der Waals surface area contributed by atoms with E-state index in [4.69, 9.17) is 0 Å². The van der Waals surface area contributed by atoms with E-state index >= 15 is 0 Å². The van der Waals surface area contributed by atoms with Gasteiger partial charge < -0.3 is 5.32 Å². The van der Waals surface area contributed by atoms with Crippen LogP contribution >= 0.6 is 11.8 Å². The number of benzene rings is 3. The van der Waals surface area contributed by atoms with Gasteiger partial charge in [-0.05, 0) is 65.4 Å². The maximum absolute atomic E-state index is 12.7. The summed E-state index contributed by atoms with van der Waals surface area (Å²) in [6.45, 7) is 1.98. The fraction of sp³-hybridized carbons (Fsp3) is 0.200. The molecule has 4 heteroatoms. The molecule has 0 saturated heterocycles. The molecule has 1 aliphatic carbocycles. The molecule has 0 aromatic heterocycles. The molecule has 3 nitrogen and oxygen atoms in total. The van der Waals surface area contributed by atoms with Crippen LogP contribution in [-0.4, -0.2) is 17.4 Å². The number of carbonyl (C=O) groups excluding carboxylic acids is 2. The second kappa shape index (κ2) is 8.66. The van der Waals surface area contributed by atoms with Crippen LogP contribution in [0, 0.1) is 0 Å². The lowest BCUT2D eigenvalue weighted by molar-refractivity contribution is -0.116. The number of ketones is 1. The maximum Gasteiger partial charge on any atom is 0.224 e. The summed E-state index contributed by atoms with van der Waals surface area (Å²) in [6, 6.07) is 22.1. The molecule has 146 valence electrons. The van der Waals surface area contributed by atoms with Crippen molar-refractivity contribution in [2.24, 2.45) is 0 Å². The van der Waals surface area contributed by atoms with Crippen LogP contribution in [0.1, 0.15) is 41.3 Å². The minimum Gasteiger partial charge on any atom is -0.326 e. The van der Waals surface area contributed by atoms with Gasteiger partial charge >= 0.3 is 0 Å². The van der Waals surface area contributed by atoms with Gasteiger partial charge in [0.15, 0.2) is 5.78 Å². The van der Waals surface area contributed by atoms with Gasteiger partial charge in [0.25, 0.3) is 0 Å². The van der Waals surface area contributed by atoms with Crippen LogP contribution in [0.3, 0.4) is 0 Å². The second-order valence-electron chi connectivity index (χ2n) is 7.24. The average Bonchev–Trinajstić information content (AvgIpc) is 3.11.